The van der Waals surface area contributed by atoms with Crippen molar-refractivity contribution in [2.45, 2.75) is 200 Å². The van der Waals surface area contributed by atoms with Crippen LogP contribution in [0.3, 0.4) is 0 Å². The summed E-state index contributed by atoms with van der Waals surface area (Å²) < 4.78 is 5.22. The molecule has 4 nitrogen and oxygen atoms in total. The predicted octanol–water partition coefficient (Wildman–Crippen LogP) is 11.3. The summed E-state index contributed by atoms with van der Waals surface area (Å²) in [4.78, 5) is 22.0. The Hall–Kier alpha value is -1.06. The molecule has 0 saturated carbocycles. The van der Waals surface area contributed by atoms with Gasteiger partial charge < -0.3 is 9.84 Å². The average Bonchev–Trinajstić information content (AvgIpc) is 2.90. The molecule has 0 fully saturated rings. The van der Waals surface area contributed by atoms with Crippen LogP contribution in [0.1, 0.15) is 200 Å². The molecule has 0 aliphatic heterocycles. The van der Waals surface area contributed by atoms with Gasteiger partial charge in [0.15, 0.2) is 0 Å². The minimum absolute atomic E-state index is 0.132. The fourth-order valence-corrected chi connectivity index (χ4v) is 5.22. The second-order valence-corrected chi connectivity index (χ2v) is 11.7. The van der Waals surface area contributed by atoms with E-state index in [9.17, 15) is 9.59 Å². The molecule has 0 amide bonds. The maximum absolute atomic E-state index is 11.6. The first-order chi connectivity index (χ1) is 18.7. The Kier molecular flexibility index (Phi) is 31.3. The van der Waals surface area contributed by atoms with Gasteiger partial charge in [-0.25, -0.2) is 0 Å². The van der Waals surface area contributed by atoms with Gasteiger partial charge in [0.05, 0.1) is 6.61 Å². The summed E-state index contributed by atoms with van der Waals surface area (Å²) in [5.74, 6) is -0.987. The number of unbranched alkanes of at least 4 members (excludes halogenated alkanes) is 26. The van der Waals surface area contributed by atoms with Gasteiger partial charge in [0, 0.05) is 12.8 Å². The van der Waals surface area contributed by atoms with Gasteiger partial charge in [-0.15, -0.1) is 0 Å². The number of ether oxygens (including phenoxy) is 1. The van der Waals surface area contributed by atoms with Crippen LogP contribution in [-0.4, -0.2) is 23.7 Å². The fraction of sp³-hybridized carbons (Fsp3) is 0.941. The maximum Gasteiger partial charge on any atom is 0.305 e. The van der Waals surface area contributed by atoms with E-state index in [4.69, 9.17) is 9.84 Å². The molecule has 0 rings (SSSR count). The Labute approximate surface area is 237 Å². The van der Waals surface area contributed by atoms with Crippen LogP contribution < -0.4 is 0 Å². The Morgan fingerprint density at radius 1 is 0.421 bits per heavy atom. The molecular weight excluding hydrogens is 472 g/mol. The average molecular weight is 539 g/mol. The maximum atomic E-state index is 11.6. The van der Waals surface area contributed by atoms with E-state index in [2.05, 4.69) is 6.92 Å². The number of carbonyl (C=O) groups excluding carboxylic acids is 1. The number of esters is 1. The zero-order valence-electron chi connectivity index (χ0n) is 25.6. The highest BCUT2D eigenvalue weighted by molar-refractivity contribution is 5.69. The third-order valence-electron chi connectivity index (χ3n) is 7.78. The van der Waals surface area contributed by atoms with Crippen LogP contribution in [0, 0.1) is 0 Å². The van der Waals surface area contributed by atoms with E-state index in [0.717, 1.165) is 12.8 Å². The van der Waals surface area contributed by atoms with Crippen LogP contribution in [0.5, 0.6) is 0 Å². The molecule has 0 heterocycles. The minimum Gasteiger partial charge on any atom is -0.481 e. The highest BCUT2D eigenvalue weighted by Crippen LogP contribution is 2.16. The van der Waals surface area contributed by atoms with Crippen LogP contribution >= 0.6 is 0 Å². The van der Waals surface area contributed by atoms with Crippen LogP contribution in [-0.2, 0) is 14.3 Å². The standard InChI is InChI=1S/C34H66O4/c1-2-3-4-5-6-7-8-9-10-11-12-13-14-15-16-17-18-19-20-21-22-23-24-25-26-29-32-38-34(37)31-28-27-30-33(35)36/h2-32H2,1H3,(H,35,36). The summed E-state index contributed by atoms with van der Waals surface area (Å²) in [5, 5.41) is 8.58. The van der Waals surface area contributed by atoms with Crippen LogP contribution in [0.4, 0.5) is 0 Å². The van der Waals surface area contributed by atoms with Crippen molar-refractivity contribution in [1.29, 1.82) is 0 Å². The minimum atomic E-state index is -0.802. The molecule has 0 unspecified atom stereocenters. The molecule has 1 N–H and O–H groups in total. The summed E-state index contributed by atoms with van der Waals surface area (Å²) in [6.45, 7) is 2.80. The summed E-state index contributed by atoms with van der Waals surface area (Å²) >= 11 is 0. The zero-order chi connectivity index (χ0) is 27.8. The summed E-state index contributed by atoms with van der Waals surface area (Å²) in [7, 11) is 0. The zero-order valence-corrected chi connectivity index (χ0v) is 25.6. The summed E-state index contributed by atoms with van der Waals surface area (Å²) in [6.07, 6.45) is 37.7. The fourth-order valence-electron chi connectivity index (χ4n) is 5.22. The second kappa shape index (κ2) is 32.2. The molecule has 4 heteroatoms. The Bertz CT molecular complexity index is 491. The summed E-state index contributed by atoms with van der Waals surface area (Å²) in [6, 6.07) is 0. The highest BCUT2D eigenvalue weighted by atomic mass is 16.5. The molecule has 226 valence electrons. The van der Waals surface area contributed by atoms with Crippen molar-refractivity contribution in [1.82, 2.24) is 0 Å². The van der Waals surface area contributed by atoms with E-state index >= 15 is 0 Å². The molecule has 0 aromatic heterocycles. The van der Waals surface area contributed by atoms with Crippen molar-refractivity contribution >= 4 is 11.9 Å². The first-order valence-electron chi connectivity index (χ1n) is 17.0. The Morgan fingerprint density at radius 2 is 0.711 bits per heavy atom. The number of carboxylic acids is 1. The van der Waals surface area contributed by atoms with E-state index in [1.807, 2.05) is 0 Å². The van der Waals surface area contributed by atoms with E-state index < -0.39 is 5.97 Å². The van der Waals surface area contributed by atoms with Crippen molar-refractivity contribution in [3.05, 3.63) is 0 Å². The molecule has 0 aromatic carbocycles. The molecule has 0 saturated heterocycles. The molecule has 0 aliphatic rings. The molecule has 0 atom stereocenters. The lowest BCUT2D eigenvalue weighted by Crippen LogP contribution is -2.06. The van der Waals surface area contributed by atoms with Crippen molar-refractivity contribution in [2.75, 3.05) is 6.61 Å². The lowest BCUT2D eigenvalue weighted by atomic mass is 10.0. The topological polar surface area (TPSA) is 63.6 Å². The molecule has 38 heavy (non-hydrogen) atoms. The van der Waals surface area contributed by atoms with E-state index in [1.165, 1.54) is 154 Å². The third-order valence-corrected chi connectivity index (χ3v) is 7.78. The Balaban J connectivity index is 3.09. The molecular formula is C34H66O4. The normalized spacial score (nSPS) is 11.2. The lowest BCUT2D eigenvalue weighted by molar-refractivity contribution is -0.144. The molecule has 0 spiro atoms. The number of carboxylic acid groups (broad SMARTS) is 1. The smallest absolute Gasteiger partial charge is 0.305 e. The largest absolute Gasteiger partial charge is 0.481 e. The number of rotatable bonds is 32. The van der Waals surface area contributed by atoms with Crippen molar-refractivity contribution < 1.29 is 19.4 Å². The van der Waals surface area contributed by atoms with Crippen molar-refractivity contribution in [3.63, 3.8) is 0 Å². The van der Waals surface area contributed by atoms with E-state index in [-0.39, 0.29) is 12.4 Å². The predicted molar refractivity (Wildman–Crippen MR) is 163 cm³/mol. The van der Waals surface area contributed by atoms with Gasteiger partial charge in [-0.3, -0.25) is 9.59 Å². The number of hydrogen-bond acceptors (Lipinski definition) is 3. The van der Waals surface area contributed by atoms with Gasteiger partial charge in [0.25, 0.3) is 0 Å². The quantitative estimate of drug-likeness (QED) is 0.0683. The van der Waals surface area contributed by atoms with Gasteiger partial charge >= 0.3 is 11.9 Å². The van der Waals surface area contributed by atoms with Gasteiger partial charge in [0.1, 0.15) is 0 Å². The molecule has 0 bridgehead atoms. The van der Waals surface area contributed by atoms with E-state index in [0.29, 0.717) is 25.9 Å². The highest BCUT2D eigenvalue weighted by Gasteiger charge is 2.04. The molecule has 0 radical (unpaired) electrons. The first kappa shape index (κ1) is 36.9. The van der Waals surface area contributed by atoms with E-state index in [1.54, 1.807) is 0 Å². The van der Waals surface area contributed by atoms with Gasteiger partial charge in [-0.05, 0) is 19.3 Å². The monoisotopic (exact) mass is 538 g/mol. The molecule has 0 aliphatic carbocycles. The second-order valence-electron chi connectivity index (χ2n) is 11.7. The van der Waals surface area contributed by atoms with Crippen molar-refractivity contribution in [3.8, 4) is 0 Å². The first-order valence-corrected chi connectivity index (χ1v) is 17.0. The lowest BCUT2D eigenvalue weighted by Gasteiger charge is -2.05. The number of aliphatic carboxylic acids is 1. The third kappa shape index (κ3) is 33.0. The van der Waals surface area contributed by atoms with Gasteiger partial charge in [-0.1, -0.05) is 167 Å². The molecule has 0 aromatic rings. The SMILES string of the molecule is CCCCCCCCCCCCCCCCCCCCCCCCCCCCOC(=O)CCCCC(=O)O. The van der Waals surface area contributed by atoms with Crippen molar-refractivity contribution in [2.24, 2.45) is 0 Å². The van der Waals surface area contributed by atoms with Crippen LogP contribution in [0.2, 0.25) is 0 Å². The van der Waals surface area contributed by atoms with Crippen LogP contribution in [0.15, 0.2) is 0 Å². The summed E-state index contributed by atoms with van der Waals surface area (Å²) in [5.41, 5.74) is 0. The number of hydrogen-bond donors (Lipinski definition) is 1. The number of carbonyl (C=O) groups is 2. The Morgan fingerprint density at radius 3 is 1.03 bits per heavy atom. The van der Waals surface area contributed by atoms with Gasteiger partial charge in [-0.2, -0.15) is 0 Å². The van der Waals surface area contributed by atoms with Gasteiger partial charge in [0.2, 0.25) is 0 Å². The van der Waals surface area contributed by atoms with Crippen LogP contribution in [0.25, 0.3) is 0 Å².